The Morgan fingerprint density at radius 3 is 1.88 bits per heavy atom. The monoisotopic (exact) mass is 253 g/mol. The Kier molecular flexibility index (Phi) is 7.54. The van der Waals surface area contributed by atoms with Gasteiger partial charge in [-0.2, -0.15) is 0 Å². The van der Waals surface area contributed by atoms with E-state index in [1.807, 2.05) is 6.07 Å². The van der Waals surface area contributed by atoms with E-state index in [2.05, 4.69) is 59.9 Å². The summed E-state index contributed by atoms with van der Waals surface area (Å²) in [6.45, 7) is 1.98. The van der Waals surface area contributed by atoms with E-state index in [-0.39, 0.29) is 40.6 Å². The fourth-order valence-corrected chi connectivity index (χ4v) is 1.71. The molecule has 0 aliphatic carbocycles. The van der Waals surface area contributed by atoms with E-state index in [0.717, 1.165) is 19.5 Å². The molecule has 1 nitrogen and oxygen atoms in total. The topological polar surface area (TPSA) is 12.0 Å². The van der Waals surface area contributed by atoms with Crippen molar-refractivity contribution in [2.45, 2.75) is 13.0 Å². The molecule has 86 valence electrons. The molecule has 0 aliphatic rings. The summed E-state index contributed by atoms with van der Waals surface area (Å²) in [5.74, 6) is 0. The van der Waals surface area contributed by atoms with Gasteiger partial charge in [0.2, 0.25) is 0 Å². The predicted octanol–water partition coefficient (Wildman–Crippen LogP) is 2.86. The molecule has 0 amide bonds. The van der Waals surface area contributed by atoms with Gasteiger partial charge in [0.1, 0.15) is 0 Å². The molecule has 0 heterocycles. The quantitative estimate of drug-likeness (QED) is 0.638. The first-order valence-corrected chi connectivity index (χ1v) is 5.74. The minimum absolute atomic E-state index is 0. The van der Waals surface area contributed by atoms with Crippen LogP contribution in [0.25, 0.3) is 0 Å². The molecular formula is C15H19CaN. The van der Waals surface area contributed by atoms with Crippen molar-refractivity contribution in [1.82, 2.24) is 5.32 Å². The molecule has 0 saturated heterocycles. The Hall–Kier alpha value is -0.340. The fourth-order valence-electron chi connectivity index (χ4n) is 1.71. The zero-order valence-corrected chi connectivity index (χ0v) is 12.3. The summed E-state index contributed by atoms with van der Waals surface area (Å²) in [6.07, 6.45) is 1.09. The Bertz CT molecular complexity index is 368. The average molecular weight is 253 g/mol. The Balaban J connectivity index is 0. The summed E-state index contributed by atoms with van der Waals surface area (Å²) >= 11 is 0. The summed E-state index contributed by atoms with van der Waals surface area (Å²) in [6, 6.07) is 21.1. The van der Waals surface area contributed by atoms with Crippen LogP contribution in [0.15, 0.2) is 60.7 Å². The number of rotatable bonds is 5. The molecule has 0 spiro atoms. The van der Waals surface area contributed by atoms with Crippen LogP contribution in [0.3, 0.4) is 0 Å². The number of hydrogen-bond donors (Lipinski definition) is 1. The van der Waals surface area contributed by atoms with Crippen LogP contribution in [0.5, 0.6) is 0 Å². The molecule has 0 fully saturated rings. The van der Waals surface area contributed by atoms with E-state index in [1.54, 1.807) is 0 Å². The predicted molar refractivity (Wildman–Crippen MR) is 76.3 cm³/mol. The smallest absolute Gasteiger partial charge is 1.00 e. The zero-order chi connectivity index (χ0) is 11.1. The van der Waals surface area contributed by atoms with Crippen molar-refractivity contribution < 1.29 is 2.85 Å². The molecule has 2 heteroatoms. The first kappa shape index (κ1) is 14.7. The van der Waals surface area contributed by atoms with Crippen molar-refractivity contribution >= 4 is 37.7 Å². The standard InChI is InChI=1S/C15H17N.Ca.2H/c1-3-7-14(8-4-1)11-12-16-13-15-9-5-2-6-10-15;;;/h1-10,16H,11-13H2;;;/q;+2;2*-1. The molecule has 0 unspecified atom stereocenters. The molecule has 17 heavy (non-hydrogen) atoms. The fraction of sp³-hybridized carbons (Fsp3) is 0.200. The van der Waals surface area contributed by atoms with Gasteiger partial charge in [0.15, 0.2) is 0 Å². The van der Waals surface area contributed by atoms with E-state index in [0.29, 0.717) is 0 Å². The van der Waals surface area contributed by atoms with Gasteiger partial charge in [-0.1, -0.05) is 60.7 Å². The van der Waals surface area contributed by atoms with Crippen LogP contribution in [0.1, 0.15) is 14.0 Å². The molecule has 2 aromatic carbocycles. The molecule has 2 aromatic rings. The maximum absolute atomic E-state index is 3.45. The van der Waals surface area contributed by atoms with Crippen LogP contribution >= 0.6 is 0 Å². The minimum Gasteiger partial charge on any atom is -1.00 e. The van der Waals surface area contributed by atoms with Crippen molar-refractivity contribution in [3.8, 4) is 0 Å². The second kappa shape index (κ2) is 8.71. The largest absolute Gasteiger partial charge is 2.00 e. The van der Waals surface area contributed by atoms with E-state index in [9.17, 15) is 0 Å². The summed E-state index contributed by atoms with van der Waals surface area (Å²) in [5, 5.41) is 3.45. The van der Waals surface area contributed by atoms with Crippen LogP contribution in [-0.2, 0) is 13.0 Å². The van der Waals surface area contributed by atoms with Crippen LogP contribution < -0.4 is 5.32 Å². The van der Waals surface area contributed by atoms with Gasteiger partial charge < -0.3 is 8.17 Å². The summed E-state index contributed by atoms with van der Waals surface area (Å²) < 4.78 is 0. The van der Waals surface area contributed by atoms with Crippen molar-refractivity contribution in [3.05, 3.63) is 71.8 Å². The molecule has 0 aromatic heterocycles. The Morgan fingerprint density at radius 1 is 0.765 bits per heavy atom. The van der Waals surface area contributed by atoms with Gasteiger partial charge in [-0.25, -0.2) is 0 Å². The van der Waals surface area contributed by atoms with E-state index in [4.69, 9.17) is 0 Å². The van der Waals surface area contributed by atoms with E-state index >= 15 is 0 Å². The second-order valence-corrected chi connectivity index (χ2v) is 3.90. The minimum atomic E-state index is 0. The molecule has 2 rings (SSSR count). The van der Waals surface area contributed by atoms with Crippen LogP contribution in [0, 0.1) is 0 Å². The first-order chi connectivity index (χ1) is 7.95. The Labute approximate surface area is 136 Å². The van der Waals surface area contributed by atoms with Gasteiger partial charge >= 0.3 is 37.7 Å². The maximum Gasteiger partial charge on any atom is 2.00 e. The second-order valence-electron chi connectivity index (χ2n) is 3.90. The number of benzene rings is 2. The molecule has 0 bridgehead atoms. The van der Waals surface area contributed by atoms with E-state index in [1.165, 1.54) is 11.1 Å². The maximum atomic E-state index is 3.45. The number of hydrogen-bond acceptors (Lipinski definition) is 1. The number of nitrogens with one attached hydrogen (secondary N) is 1. The third-order valence-electron chi connectivity index (χ3n) is 2.61. The van der Waals surface area contributed by atoms with Crippen molar-refractivity contribution in [2.24, 2.45) is 0 Å². The van der Waals surface area contributed by atoms with Crippen LogP contribution in [0.2, 0.25) is 0 Å². The summed E-state index contributed by atoms with van der Waals surface area (Å²) in [7, 11) is 0. The first-order valence-electron chi connectivity index (χ1n) is 5.74. The third-order valence-corrected chi connectivity index (χ3v) is 2.61. The summed E-state index contributed by atoms with van der Waals surface area (Å²) in [5.41, 5.74) is 2.73. The van der Waals surface area contributed by atoms with Gasteiger partial charge in [-0.05, 0) is 24.1 Å². The van der Waals surface area contributed by atoms with Crippen LogP contribution in [-0.4, -0.2) is 44.3 Å². The average Bonchev–Trinajstić information content (AvgIpc) is 2.37. The van der Waals surface area contributed by atoms with Gasteiger partial charge in [-0.15, -0.1) is 0 Å². The van der Waals surface area contributed by atoms with Crippen molar-refractivity contribution in [3.63, 3.8) is 0 Å². The Morgan fingerprint density at radius 2 is 1.29 bits per heavy atom. The van der Waals surface area contributed by atoms with Gasteiger partial charge in [0.05, 0.1) is 0 Å². The SMILES string of the molecule is [Ca+2].[H-].[H-].c1ccc(CCNCc2ccccc2)cc1. The van der Waals surface area contributed by atoms with E-state index < -0.39 is 0 Å². The van der Waals surface area contributed by atoms with Crippen LogP contribution in [0.4, 0.5) is 0 Å². The van der Waals surface area contributed by atoms with Gasteiger partial charge in [0, 0.05) is 6.54 Å². The van der Waals surface area contributed by atoms with Gasteiger partial charge in [0.25, 0.3) is 0 Å². The zero-order valence-electron chi connectivity index (χ0n) is 12.1. The normalized spacial score (nSPS) is 9.65. The molecule has 0 radical (unpaired) electrons. The molecule has 1 N–H and O–H groups in total. The van der Waals surface area contributed by atoms with Crippen molar-refractivity contribution in [1.29, 1.82) is 0 Å². The van der Waals surface area contributed by atoms with Crippen molar-refractivity contribution in [2.75, 3.05) is 6.54 Å². The molecule has 0 aliphatic heterocycles. The molecular weight excluding hydrogens is 234 g/mol. The van der Waals surface area contributed by atoms with Gasteiger partial charge in [-0.3, -0.25) is 0 Å². The molecule has 0 atom stereocenters. The third kappa shape index (κ3) is 5.69. The molecule has 0 saturated carbocycles. The summed E-state index contributed by atoms with van der Waals surface area (Å²) in [4.78, 5) is 0.